The third-order valence-electron chi connectivity index (χ3n) is 3.84. The van der Waals surface area contributed by atoms with E-state index in [4.69, 9.17) is 9.47 Å². The summed E-state index contributed by atoms with van der Waals surface area (Å²) in [5.74, 6) is -2.50. The summed E-state index contributed by atoms with van der Waals surface area (Å²) in [6, 6.07) is 3.64. The van der Waals surface area contributed by atoms with Crippen LogP contribution in [0.15, 0.2) is 27.1 Å². The molecule has 27 heavy (non-hydrogen) atoms. The summed E-state index contributed by atoms with van der Waals surface area (Å²) >= 11 is 6.57. The van der Waals surface area contributed by atoms with E-state index in [-0.39, 0.29) is 5.75 Å². The summed E-state index contributed by atoms with van der Waals surface area (Å²) in [7, 11) is 0. The standard InChI is InChI=1S/C17H19Br2NO7/c1-16(2,3)27-15(25)20-8-17(14(23)24,7-11(20)13(21)22)26-12-9(18)5-4-6-10(12)19/h4-6,11H,7-8H2,1-3H3,(H,21,22)(H,23,24)/t11-,17+/m0/s1. The van der Waals surface area contributed by atoms with Crippen LogP contribution in [0.2, 0.25) is 0 Å². The molecule has 1 fully saturated rings. The van der Waals surface area contributed by atoms with Gasteiger partial charge in [-0.15, -0.1) is 0 Å². The van der Waals surface area contributed by atoms with Crippen molar-refractivity contribution >= 4 is 49.9 Å². The lowest BCUT2D eigenvalue weighted by atomic mass is 10.00. The molecule has 1 aromatic carbocycles. The summed E-state index contributed by atoms with van der Waals surface area (Å²) in [6.07, 6.45) is -1.34. The van der Waals surface area contributed by atoms with Crippen LogP contribution in [0.1, 0.15) is 27.2 Å². The highest BCUT2D eigenvalue weighted by atomic mass is 79.9. The van der Waals surface area contributed by atoms with E-state index in [0.717, 1.165) is 4.90 Å². The highest BCUT2D eigenvalue weighted by Crippen LogP contribution is 2.40. The first-order valence-corrected chi connectivity index (χ1v) is 9.54. The average molecular weight is 509 g/mol. The summed E-state index contributed by atoms with van der Waals surface area (Å²) in [5, 5.41) is 19.3. The van der Waals surface area contributed by atoms with Crippen molar-refractivity contribution in [3.8, 4) is 5.75 Å². The minimum atomic E-state index is -1.94. The Kier molecular flexibility index (Phi) is 6.10. The number of carboxylic acid groups (broad SMARTS) is 2. The van der Waals surface area contributed by atoms with Gasteiger partial charge in [0.05, 0.1) is 15.5 Å². The van der Waals surface area contributed by atoms with E-state index in [9.17, 15) is 24.6 Å². The molecule has 1 saturated heterocycles. The van der Waals surface area contributed by atoms with E-state index < -0.39 is 48.2 Å². The number of rotatable bonds is 4. The Bertz CT molecular complexity index is 757. The lowest BCUT2D eigenvalue weighted by Gasteiger charge is -2.28. The molecule has 0 bridgehead atoms. The molecule has 1 aromatic rings. The van der Waals surface area contributed by atoms with Gasteiger partial charge in [0.15, 0.2) is 0 Å². The van der Waals surface area contributed by atoms with Crippen molar-refractivity contribution in [1.82, 2.24) is 4.90 Å². The van der Waals surface area contributed by atoms with Crippen LogP contribution in [0.5, 0.6) is 5.75 Å². The molecule has 0 saturated carbocycles. The quantitative estimate of drug-likeness (QED) is 0.639. The maximum Gasteiger partial charge on any atom is 0.411 e. The maximum atomic E-state index is 12.4. The number of carbonyl (C=O) groups excluding carboxylic acids is 1. The predicted octanol–water partition coefficient (Wildman–Crippen LogP) is 3.51. The van der Waals surface area contributed by atoms with Gasteiger partial charge in [-0.05, 0) is 64.8 Å². The first-order valence-electron chi connectivity index (χ1n) is 7.95. The zero-order valence-corrected chi connectivity index (χ0v) is 18.0. The number of carboxylic acids is 2. The van der Waals surface area contributed by atoms with E-state index in [0.29, 0.717) is 8.95 Å². The van der Waals surface area contributed by atoms with Gasteiger partial charge in [0.1, 0.15) is 17.4 Å². The maximum absolute atomic E-state index is 12.4. The normalized spacial score (nSPS) is 22.4. The van der Waals surface area contributed by atoms with Gasteiger partial charge in [-0.2, -0.15) is 0 Å². The molecule has 0 spiro atoms. The fraction of sp³-hybridized carbons (Fsp3) is 0.471. The fourth-order valence-corrected chi connectivity index (χ4v) is 3.81. The molecule has 0 radical (unpaired) electrons. The van der Waals surface area contributed by atoms with Crippen LogP contribution in [0, 0.1) is 0 Å². The molecule has 2 atom stereocenters. The number of aliphatic carboxylic acids is 2. The zero-order chi connectivity index (χ0) is 20.6. The monoisotopic (exact) mass is 507 g/mol. The van der Waals surface area contributed by atoms with Crippen molar-refractivity contribution in [2.45, 2.75) is 44.4 Å². The molecule has 1 amide bonds. The van der Waals surface area contributed by atoms with Gasteiger partial charge >= 0.3 is 18.0 Å². The summed E-state index contributed by atoms with van der Waals surface area (Å²) < 4.78 is 12.0. The second kappa shape index (κ2) is 7.67. The van der Waals surface area contributed by atoms with Gasteiger partial charge in [0.25, 0.3) is 0 Å². The molecule has 1 heterocycles. The van der Waals surface area contributed by atoms with E-state index >= 15 is 0 Å². The molecule has 148 valence electrons. The Balaban J connectivity index is 2.41. The van der Waals surface area contributed by atoms with Gasteiger partial charge in [0.2, 0.25) is 5.60 Å². The van der Waals surface area contributed by atoms with Crippen LogP contribution >= 0.6 is 31.9 Å². The van der Waals surface area contributed by atoms with Crippen molar-refractivity contribution in [3.63, 3.8) is 0 Å². The molecule has 1 aliphatic rings. The van der Waals surface area contributed by atoms with E-state index in [2.05, 4.69) is 31.9 Å². The Labute approximate surface area is 172 Å². The minimum absolute atomic E-state index is 0.204. The third-order valence-corrected chi connectivity index (χ3v) is 5.09. The number of benzene rings is 1. The average Bonchev–Trinajstić information content (AvgIpc) is 2.91. The molecule has 1 aliphatic heterocycles. The van der Waals surface area contributed by atoms with Crippen LogP contribution in [0.3, 0.4) is 0 Å². The lowest BCUT2D eigenvalue weighted by molar-refractivity contribution is -0.154. The fourth-order valence-electron chi connectivity index (χ4n) is 2.65. The Hall–Kier alpha value is -1.81. The second-order valence-electron chi connectivity index (χ2n) is 7.12. The summed E-state index contributed by atoms with van der Waals surface area (Å²) in [4.78, 5) is 37.0. The molecule has 2 N–H and O–H groups in total. The Morgan fingerprint density at radius 3 is 2.19 bits per heavy atom. The molecule has 0 unspecified atom stereocenters. The highest BCUT2D eigenvalue weighted by Gasteiger charge is 2.57. The Morgan fingerprint density at radius 2 is 1.74 bits per heavy atom. The third kappa shape index (κ3) is 4.73. The molecule has 0 aliphatic carbocycles. The number of hydrogen-bond donors (Lipinski definition) is 2. The Morgan fingerprint density at radius 1 is 1.19 bits per heavy atom. The van der Waals surface area contributed by atoms with Gasteiger partial charge in [-0.25, -0.2) is 14.4 Å². The summed E-state index contributed by atoms with van der Waals surface area (Å²) in [6.45, 7) is 4.43. The molecule has 8 nitrogen and oxygen atoms in total. The number of para-hydroxylation sites is 1. The number of carbonyl (C=O) groups is 3. The number of halogens is 2. The second-order valence-corrected chi connectivity index (χ2v) is 8.83. The SMILES string of the molecule is CC(C)(C)OC(=O)N1C[C@@](Oc2c(Br)cccc2Br)(C(=O)O)C[C@H]1C(=O)O. The van der Waals surface area contributed by atoms with Crippen molar-refractivity contribution < 1.29 is 34.1 Å². The minimum Gasteiger partial charge on any atom is -0.480 e. The first-order chi connectivity index (χ1) is 12.4. The van der Waals surface area contributed by atoms with Crippen LogP contribution in [-0.2, 0) is 14.3 Å². The molecule has 0 aromatic heterocycles. The predicted molar refractivity (Wildman–Crippen MR) is 102 cm³/mol. The number of amides is 1. The largest absolute Gasteiger partial charge is 0.480 e. The summed E-state index contributed by atoms with van der Waals surface area (Å²) in [5.41, 5.74) is -2.80. The topological polar surface area (TPSA) is 113 Å². The van der Waals surface area contributed by atoms with Crippen molar-refractivity contribution in [3.05, 3.63) is 27.1 Å². The van der Waals surface area contributed by atoms with Crippen molar-refractivity contribution in [2.24, 2.45) is 0 Å². The number of likely N-dealkylation sites (tertiary alicyclic amines) is 1. The number of hydrogen-bond acceptors (Lipinski definition) is 5. The van der Waals surface area contributed by atoms with Crippen LogP contribution in [0.25, 0.3) is 0 Å². The van der Waals surface area contributed by atoms with Gasteiger partial charge in [-0.3, -0.25) is 4.90 Å². The van der Waals surface area contributed by atoms with Gasteiger partial charge in [-0.1, -0.05) is 6.07 Å². The van der Waals surface area contributed by atoms with Crippen LogP contribution in [-0.4, -0.2) is 56.9 Å². The number of nitrogens with zero attached hydrogens (tertiary/aromatic N) is 1. The van der Waals surface area contributed by atoms with E-state index in [1.165, 1.54) is 0 Å². The van der Waals surface area contributed by atoms with Gasteiger partial charge in [0, 0.05) is 6.42 Å². The van der Waals surface area contributed by atoms with E-state index in [1.807, 2.05) is 0 Å². The molecule has 2 rings (SSSR count). The smallest absolute Gasteiger partial charge is 0.411 e. The van der Waals surface area contributed by atoms with Crippen molar-refractivity contribution in [1.29, 1.82) is 0 Å². The zero-order valence-electron chi connectivity index (χ0n) is 14.9. The number of ether oxygens (including phenoxy) is 2. The lowest BCUT2D eigenvalue weighted by Crippen LogP contribution is -2.48. The van der Waals surface area contributed by atoms with E-state index in [1.54, 1.807) is 39.0 Å². The highest BCUT2D eigenvalue weighted by molar-refractivity contribution is 9.11. The van der Waals surface area contributed by atoms with Crippen molar-refractivity contribution in [2.75, 3.05) is 6.54 Å². The first kappa shape index (κ1) is 21.5. The molecular formula is C17H19Br2NO7. The molecule has 10 heteroatoms. The van der Waals surface area contributed by atoms with Crippen LogP contribution in [0.4, 0.5) is 4.79 Å². The van der Waals surface area contributed by atoms with Crippen LogP contribution < -0.4 is 4.74 Å². The molecular weight excluding hydrogens is 490 g/mol. The van der Waals surface area contributed by atoms with Gasteiger partial charge < -0.3 is 19.7 Å².